The van der Waals surface area contributed by atoms with Crippen LogP contribution >= 0.6 is 24.0 Å². The molecular formula is C15H15Cl2NO. The van der Waals surface area contributed by atoms with Gasteiger partial charge in [-0.25, -0.2) is 0 Å². The van der Waals surface area contributed by atoms with Gasteiger partial charge in [0.25, 0.3) is 0 Å². The number of nitrogens with one attached hydrogen (secondary N) is 1. The Labute approximate surface area is 124 Å². The van der Waals surface area contributed by atoms with E-state index in [2.05, 4.69) is 23.5 Å². The topological polar surface area (TPSA) is 21.3 Å². The largest absolute Gasteiger partial charge is 0.474 e. The van der Waals surface area contributed by atoms with E-state index < -0.39 is 0 Å². The predicted molar refractivity (Wildman–Crippen MR) is 81.3 cm³/mol. The second-order valence-electron chi connectivity index (χ2n) is 4.37. The summed E-state index contributed by atoms with van der Waals surface area (Å²) in [5.74, 6) is 0.949. The Morgan fingerprint density at radius 3 is 2.58 bits per heavy atom. The van der Waals surface area contributed by atoms with Gasteiger partial charge in [-0.15, -0.1) is 12.4 Å². The number of halogens is 2. The first kappa shape index (κ1) is 14.2. The molecule has 1 heterocycles. The van der Waals surface area contributed by atoms with Crippen LogP contribution in [0.1, 0.15) is 5.56 Å². The molecule has 2 aromatic carbocycles. The molecule has 0 saturated heterocycles. The van der Waals surface area contributed by atoms with Gasteiger partial charge in [-0.2, -0.15) is 0 Å². The van der Waals surface area contributed by atoms with Crippen LogP contribution in [0.15, 0.2) is 42.5 Å². The molecule has 0 aromatic heterocycles. The first-order valence-corrected chi connectivity index (χ1v) is 6.38. The van der Waals surface area contributed by atoms with E-state index >= 15 is 0 Å². The highest BCUT2D eigenvalue weighted by Crippen LogP contribution is 2.40. The van der Waals surface area contributed by atoms with E-state index in [4.69, 9.17) is 16.3 Å². The Hall–Kier alpha value is -1.22. The monoisotopic (exact) mass is 295 g/mol. The Morgan fingerprint density at radius 2 is 1.84 bits per heavy atom. The van der Waals surface area contributed by atoms with E-state index in [1.165, 1.54) is 5.56 Å². The summed E-state index contributed by atoms with van der Waals surface area (Å²) in [5.41, 5.74) is 3.32. The van der Waals surface area contributed by atoms with Crippen molar-refractivity contribution >= 4 is 24.0 Å². The average Bonchev–Trinajstić information content (AvgIpc) is 2.82. The second-order valence-corrected chi connectivity index (χ2v) is 4.78. The van der Waals surface area contributed by atoms with Gasteiger partial charge in [0.05, 0.1) is 0 Å². The lowest BCUT2D eigenvalue weighted by molar-refractivity contribution is 0.204. The summed E-state index contributed by atoms with van der Waals surface area (Å²) in [6, 6.07) is 14.1. The SMILES string of the molecule is CNC1Cc2cccc(-c3ccccc3Cl)c2O1.Cl. The summed E-state index contributed by atoms with van der Waals surface area (Å²) in [6.45, 7) is 0. The maximum absolute atomic E-state index is 6.26. The molecule has 4 heteroatoms. The van der Waals surface area contributed by atoms with Crippen LogP contribution in [0.5, 0.6) is 5.75 Å². The molecule has 2 nitrogen and oxygen atoms in total. The molecule has 19 heavy (non-hydrogen) atoms. The molecule has 0 amide bonds. The van der Waals surface area contributed by atoms with Gasteiger partial charge in [-0.05, 0) is 18.7 Å². The van der Waals surface area contributed by atoms with E-state index in [0.717, 1.165) is 28.3 Å². The van der Waals surface area contributed by atoms with E-state index in [1.807, 2.05) is 31.3 Å². The zero-order valence-corrected chi connectivity index (χ0v) is 12.1. The lowest BCUT2D eigenvalue weighted by Crippen LogP contribution is -2.29. The number of para-hydroxylation sites is 1. The van der Waals surface area contributed by atoms with Crippen LogP contribution in [0.3, 0.4) is 0 Å². The van der Waals surface area contributed by atoms with Gasteiger partial charge in [-0.1, -0.05) is 48.0 Å². The maximum atomic E-state index is 6.26. The van der Waals surface area contributed by atoms with Gasteiger partial charge < -0.3 is 4.74 Å². The van der Waals surface area contributed by atoms with Crippen molar-refractivity contribution in [1.82, 2.24) is 5.32 Å². The van der Waals surface area contributed by atoms with Crippen LogP contribution in [0.25, 0.3) is 11.1 Å². The number of fused-ring (bicyclic) bond motifs is 1. The first-order valence-electron chi connectivity index (χ1n) is 6.00. The average molecular weight is 296 g/mol. The van der Waals surface area contributed by atoms with E-state index in [-0.39, 0.29) is 18.6 Å². The zero-order chi connectivity index (χ0) is 12.5. The molecule has 1 N–H and O–H groups in total. The van der Waals surface area contributed by atoms with Crippen LogP contribution in [0.2, 0.25) is 5.02 Å². The molecule has 0 fully saturated rings. The molecule has 1 atom stereocenters. The van der Waals surface area contributed by atoms with Crippen molar-refractivity contribution in [3.05, 3.63) is 53.1 Å². The fourth-order valence-corrected chi connectivity index (χ4v) is 2.56. The molecule has 1 unspecified atom stereocenters. The summed E-state index contributed by atoms with van der Waals surface area (Å²) >= 11 is 6.26. The fraction of sp³-hybridized carbons (Fsp3) is 0.200. The summed E-state index contributed by atoms with van der Waals surface area (Å²) < 4.78 is 5.93. The number of hydrogen-bond acceptors (Lipinski definition) is 2. The highest BCUT2D eigenvalue weighted by Gasteiger charge is 2.24. The highest BCUT2D eigenvalue weighted by molar-refractivity contribution is 6.33. The van der Waals surface area contributed by atoms with Crippen molar-refractivity contribution in [3.63, 3.8) is 0 Å². The van der Waals surface area contributed by atoms with Crippen LogP contribution in [0.4, 0.5) is 0 Å². The van der Waals surface area contributed by atoms with Crippen molar-refractivity contribution < 1.29 is 4.74 Å². The van der Waals surface area contributed by atoms with Gasteiger partial charge >= 0.3 is 0 Å². The minimum absolute atomic E-state index is 0. The van der Waals surface area contributed by atoms with Gasteiger partial charge in [0.15, 0.2) is 6.23 Å². The Morgan fingerprint density at radius 1 is 1.11 bits per heavy atom. The van der Waals surface area contributed by atoms with Crippen molar-refractivity contribution in [1.29, 1.82) is 0 Å². The lowest BCUT2D eigenvalue weighted by Gasteiger charge is -2.12. The third kappa shape index (κ3) is 2.57. The fourth-order valence-electron chi connectivity index (χ4n) is 2.32. The molecule has 100 valence electrons. The highest BCUT2D eigenvalue weighted by atomic mass is 35.5. The first-order chi connectivity index (χ1) is 8.79. The van der Waals surface area contributed by atoms with Gasteiger partial charge in [0, 0.05) is 22.6 Å². The Balaban J connectivity index is 0.00000133. The van der Waals surface area contributed by atoms with E-state index in [0.29, 0.717) is 0 Å². The van der Waals surface area contributed by atoms with Crippen molar-refractivity contribution in [2.45, 2.75) is 12.6 Å². The summed E-state index contributed by atoms with van der Waals surface area (Å²) in [4.78, 5) is 0. The van der Waals surface area contributed by atoms with E-state index in [9.17, 15) is 0 Å². The molecule has 0 spiro atoms. The number of rotatable bonds is 2. The number of ether oxygens (including phenoxy) is 1. The Bertz CT molecular complexity index is 586. The molecule has 0 saturated carbocycles. The lowest BCUT2D eigenvalue weighted by atomic mass is 10.0. The quantitative estimate of drug-likeness (QED) is 0.907. The van der Waals surface area contributed by atoms with Crippen LogP contribution in [0, 0.1) is 0 Å². The molecule has 2 aromatic rings. The number of hydrogen-bond donors (Lipinski definition) is 1. The normalized spacial score (nSPS) is 16.4. The molecule has 1 aliphatic rings. The van der Waals surface area contributed by atoms with Crippen LogP contribution < -0.4 is 10.1 Å². The maximum Gasteiger partial charge on any atom is 0.154 e. The molecule has 0 radical (unpaired) electrons. The molecule has 0 aliphatic carbocycles. The van der Waals surface area contributed by atoms with Crippen molar-refractivity contribution in [3.8, 4) is 16.9 Å². The molecule has 0 bridgehead atoms. The van der Waals surface area contributed by atoms with Crippen molar-refractivity contribution in [2.75, 3.05) is 7.05 Å². The molecular weight excluding hydrogens is 281 g/mol. The standard InChI is InChI=1S/C15H14ClNO.ClH/c1-17-14-9-10-5-4-7-12(15(10)18-14)11-6-2-3-8-13(11)16;/h2-8,14,17H,9H2,1H3;1H. The van der Waals surface area contributed by atoms with Crippen LogP contribution in [-0.4, -0.2) is 13.3 Å². The third-order valence-corrected chi connectivity index (χ3v) is 3.58. The predicted octanol–water partition coefficient (Wildman–Crippen LogP) is 3.91. The zero-order valence-electron chi connectivity index (χ0n) is 10.5. The summed E-state index contributed by atoms with van der Waals surface area (Å²) in [7, 11) is 1.91. The van der Waals surface area contributed by atoms with Crippen LogP contribution in [-0.2, 0) is 6.42 Å². The van der Waals surface area contributed by atoms with Gasteiger partial charge in [0.1, 0.15) is 5.75 Å². The summed E-state index contributed by atoms with van der Waals surface area (Å²) in [6.07, 6.45) is 0.952. The van der Waals surface area contributed by atoms with E-state index in [1.54, 1.807) is 0 Å². The second kappa shape index (κ2) is 5.83. The van der Waals surface area contributed by atoms with Gasteiger partial charge in [-0.3, -0.25) is 5.32 Å². The Kier molecular flexibility index (Phi) is 4.35. The smallest absolute Gasteiger partial charge is 0.154 e. The molecule has 1 aliphatic heterocycles. The minimum atomic E-state index is 0. The number of benzene rings is 2. The third-order valence-electron chi connectivity index (χ3n) is 3.25. The van der Waals surface area contributed by atoms with Gasteiger partial charge in [0.2, 0.25) is 0 Å². The summed E-state index contributed by atoms with van der Waals surface area (Å²) in [5, 5.41) is 3.90. The molecule has 3 rings (SSSR count). The van der Waals surface area contributed by atoms with Crippen molar-refractivity contribution in [2.24, 2.45) is 0 Å². The minimum Gasteiger partial charge on any atom is -0.474 e. The number of likely N-dealkylation sites (N-methyl/N-ethyl adjacent to an activating group) is 1.